The van der Waals surface area contributed by atoms with Gasteiger partial charge in [-0.15, -0.1) is 0 Å². The van der Waals surface area contributed by atoms with E-state index in [1.165, 1.54) is 18.4 Å². The van der Waals surface area contributed by atoms with Crippen molar-refractivity contribution in [2.75, 3.05) is 13.2 Å². The van der Waals surface area contributed by atoms with E-state index in [2.05, 4.69) is 64.2 Å². The molecule has 1 aliphatic carbocycles. The molecule has 2 rings (SSSR count). The minimum Gasteiger partial charge on any atom is -0.493 e. The van der Waals surface area contributed by atoms with Gasteiger partial charge in [0.15, 0.2) is 0 Å². The van der Waals surface area contributed by atoms with E-state index in [1.54, 1.807) is 0 Å². The highest BCUT2D eigenvalue weighted by Gasteiger charge is 2.25. The summed E-state index contributed by atoms with van der Waals surface area (Å²) in [5.41, 5.74) is 1.72. The molecule has 0 spiro atoms. The molecule has 1 fully saturated rings. The minimum atomic E-state index is 0.172. The highest BCUT2D eigenvalue weighted by Crippen LogP contribution is 2.26. The third-order valence-corrected chi connectivity index (χ3v) is 3.80. The van der Waals surface area contributed by atoms with Gasteiger partial charge < -0.3 is 10.1 Å². The zero-order valence-corrected chi connectivity index (χ0v) is 13.6. The number of hydrogen-bond donors (Lipinski definition) is 1. The Bertz CT molecular complexity index is 424. The van der Waals surface area contributed by atoms with Gasteiger partial charge >= 0.3 is 0 Å². The van der Waals surface area contributed by atoms with Crippen molar-refractivity contribution in [2.24, 2.45) is 5.41 Å². The largest absolute Gasteiger partial charge is 0.493 e. The quantitative estimate of drug-likeness (QED) is 0.842. The summed E-state index contributed by atoms with van der Waals surface area (Å²) in [6.07, 6.45) is 2.68. The van der Waals surface area contributed by atoms with Crippen molar-refractivity contribution in [3.05, 3.63) is 29.8 Å². The number of nitrogens with one attached hydrogen (secondary N) is 1. The van der Waals surface area contributed by atoms with Crippen LogP contribution in [-0.4, -0.2) is 19.2 Å². The first-order valence-electron chi connectivity index (χ1n) is 7.73. The molecule has 0 atom stereocenters. The van der Waals surface area contributed by atoms with Crippen molar-refractivity contribution in [1.82, 2.24) is 5.32 Å². The summed E-state index contributed by atoms with van der Waals surface area (Å²) >= 11 is 0. The van der Waals surface area contributed by atoms with Gasteiger partial charge in [0.25, 0.3) is 0 Å². The number of rotatable bonds is 6. The summed E-state index contributed by atoms with van der Waals surface area (Å²) in [5, 5.41) is 3.58. The first kappa shape index (κ1) is 15.4. The predicted octanol–water partition coefficient (Wildman–Crippen LogP) is 4.14. The Labute approximate surface area is 123 Å². The molecule has 0 aromatic heterocycles. The third-order valence-electron chi connectivity index (χ3n) is 3.80. The van der Waals surface area contributed by atoms with Crippen LogP contribution in [-0.2, 0) is 5.41 Å². The average molecular weight is 275 g/mol. The SMILES string of the molecule is CC(C)(CNC1CC1)COc1ccc(C(C)(C)C)cc1. The Morgan fingerprint density at radius 2 is 1.65 bits per heavy atom. The lowest BCUT2D eigenvalue weighted by Gasteiger charge is -2.25. The maximum atomic E-state index is 5.95. The van der Waals surface area contributed by atoms with E-state index >= 15 is 0 Å². The highest BCUT2D eigenvalue weighted by molar-refractivity contribution is 5.31. The molecule has 0 amide bonds. The summed E-state index contributed by atoms with van der Waals surface area (Å²) in [6, 6.07) is 9.28. The first-order valence-corrected chi connectivity index (χ1v) is 7.73. The second-order valence-corrected chi connectivity index (χ2v) is 7.88. The molecule has 0 aliphatic heterocycles. The Balaban J connectivity index is 1.83. The van der Waals surface area contributed by atoms with Gasteiger partial charge in [-0.05, 0) is 36.0 Å². The second-order valence-electron chi connectivity index (χ2n) is 7.88. The number of hydrogen-bond acceptors (Lipinski definition) is 2. The lowest BCUT2D eigenvalue weighted by molar-refractivity contribution is 0.176. The Morgan fingerprint density at radius 3 is 2.15 bits per heavy atom. The van der Waals surface area contributed by atoms with Gasteiger partial charge in [0, 0.05) is 18.0 Å². The monoisotopic (exact) mass is 275 g/mol. The molecule has 0 heterocycles. The van der Waals surface area contributed by atoms with Crippen LogP contribution >= 0.6 is 0 Å². The van der Waals surface area contributed by atoms with Crippen molar-refractivity contribution < 1.29 is 4.74 Å². The Morgan fingerprint density at radius 1 is 1.05 bits per heavy atom. The molecular weight excluding hydrogens is 246 g/mol. The maximum absolute atomic E-state index is 5.95. The molecule has 1 aromatic carbocycles. The van der Waals surface area contributed by atoms with Crippen molar-refractivity contribution >= 4 is 0 Å². The third kappa shape index (κ3) is 4.82. The highest BCUT2D eigenvalue weighted by atomic mass is 16.5. The van der Waals surface area contributed by atoms with E-state index in [0.717, 1.165) is 24.9 Å². The van der Waals surface area contributed by atoms with Crippen LogP contribution < -0.4 is 10.1 Å². The normalized spacial score (nSPS) is 16.2. The summed E-state index contributed by atoms with van der Waals surface area (Å²) in [4.78, 5) is 0. The summed E-state index contributed by atoms with van der Waals surface area (Å²) < 4.78 is 5.95. The van der Waals surface area contributed by atoms with E-state index in [1.807, 2.05) is 0 Å². The molecule has 20 heavy (non-hydrogen) atoms. The van der Waals surface area contributed by atoms with Gasteiger partial charge in [-0.1, -0.05) is 46.8 Å². The lowest BCUT2D eigenvalue weighted by Crippen LogP contribution is -2.35. The van der Waals surface area contributed by atoms with Crippen molar-refractivity contribution in [2.45, 2.75) is 58.9 Å². The van der Waals surface area contributed by atoms with Gasteiger partial charge in [-0.3, -0.25) is 0 Å². The van der Waals surface area contributed by atoms with Crippen molar-refractivity contribution in [1.29, 1.82) is 0 Å². The smallest absolute Gasteiger partial charge is 0.119 e. The molecule has 1 aromatic rings. The zero-order valence-electron chi connectivity index (χ0n) is 13.6. The standard InChI is InChI=1S/C18H29NO/c1-17(2,3)14-6-10-16(11-7-14)20-13-18(4,5)12-19-15-8-9-15/h6-7,10-11,15,19H,8-9,12-13H2,1-5H3. The number of ether oxygens (including phenoxy) is 1. The lowest BCUT2D eigenvalue weighted by atomic mass is 9.87. The fourth-order valence-corrected chi connectivity index (χ4v) is 2.09. The average Bonchev–Trinajstić information content (AvgIpc) is 3.18. The molecule has 2 heteroatoms. The summed E-state index contributed by atoms with van der Waals surface area (Å²) in [7, 11) is 0. The molecule has 0 saturated heterocycles. The molecule has 0 bridgehead atoms. The van der Waals surface area contributed by atoms with Crippen LogP contribution in [0.2, 0.25) is 0 Å². The van der Waals surface area contributed by atoms with Crippen LogP contribution in [0.1, 0.15) is 53.0 Å². The van der Waals surface area contributed by atoms with E-state index in [9.17, 15) is 0 Å². The summed E-state index contributed by atoms with van der Waals surface area (Å²) in [5.74, 6) is 0.970. The van der Waals surface area contributed by atoms with Crippen LogP contribution in [0.4, 0.5) is 0 Å². The molecule has 0 unspecified atom stereocenters. The van der Waals surface area contributed by atoms with Crippen LogP contribution in [0, 0.1) is 5.41 Å². The molecule has 0 radical (unpaired) electrons. The van der Waals surface area contributed by atoms with Gasteiger partial charge in [-0.25, -0.2) is 0 Å². The fraction of sp³-hybridized carbons (Fsp3) is 0.667. The van der Waals surface area contributed by atoms with Crippen LogP contribution in [0.25, 0.3) is 0 Å². The van der Waals surface area contributed by atoms with Crippen molar-refractivity contribution in [3.8, 4) is 5.75 Å². The predicted molar refractivity (Wildman–Crippen MR) is 85.4 cm³/mol. The van der Waals surface area contributed by atoms with Gasteiger partial charge in [-0.2, -0.15) is 0 Å². The molecule has 112 valence electrons. The van der Waals surface area contributed by atoms with Gasteiger partial charge in [0.2, 0.25) is 0 Å². The van der Waals surface area contributed by atoms with Crippen LogP contribution in [0.15, 0.2) is 24.3 Å². The fourth-order valence-electron chi connectivity index (χ4n) is 2.09. The molecule has 1 N–H and O–H groups in total. The van der Waals surface area contributed by atoms with E-state index < -0.39 is 0 Å². The van der Waals surface area contributed by atoms with E-state index in [-0.39, 0.29) is 10.8 Å². The zero-order chi connectivity index (χ0) is 14.8. The van der Waals surface area contributed by atoms with Gasteiger partial charge in [0.1, 0.15) is 5.75 Å². The maximum Gasteiger partial charge on any atom is 0.119 e. The first-order chi connectivity index (χ1) is 9.26. The van der Waals surface area contributed by atoms with E-state index in [4.69, 9.17) is 4.74 Å². The Hall–Kier alpha value is -1.02. The van der Waals surface area contributed by atoms with E-state index in [0.29, 0.717) is 0 Å². The topological polar surface area (TPSA) is 21.3 Å². The van der Waals surface area contributed by atoms with Crippen LogP contribution in [0.3, 0.4) is 0 Å². The molecule has 2 nitrogen and oxygen atoms in total. The molecule has 1 saturated carbocycles. The second kappa shape index (κ2) is 5.77. The van der Waals surface area contributed by atoms with Crippen LogP contribution in [0.5, 0.6) is 5.75 Å². The number of benzene rings is 1. The minimum absolute atomic E-state index is 0.172. The Kier molecular flexibility index (Phi) is 4.43. The molecular formula is C18H29NO. The van der Waals surface area contributed by atoms with Crippen molar-refractivity contribution in [3.63, 3.8) is 0 Å². The molecule has 1 aliphatic rings. The summed E-state index contributed by atoms with van der Waals surface area (Å²) in [6.45, 7) is 13.0. The van der Waals surface area contributed by atoms with Gasteiger partial charge in [0.05, 0.1) is 6.61 Å².